The van der Waals surface area contributed by atoms with Crippen LogP contribution in [0.25, 0.3) is 0 Å². The first-order valence-corrected chi connectivity index (χ1v) is 5.70. The lowest BCUT2D eigenvalue weighted by molar-refractivity contribution is 0.476. The Morgan fingerprint density at radius 3 is 2.31 bits per heavy atom. The van der Waals surface area contributed by atoms with Gasteiger partial charge in [0.2, 0.25) is 0 Å². The van der Waals surface area contributed by atoms with Crippen molar-refractivity contribution in [2.45, 2.75) is 58.5 Å². The number of hydrogen-bond acceptors (Lipinski definition) is 4. The van der Waals surface area contributed by atoms with Crippen LogP contribution in [0.15, 0.2) is 10.2 Å². The van der Waals surface area contributed by atoms with Crippen molar-refractivity contribution in [3.8, 4) is 12.1 Å². The second-order valence-electron chi connectivity index (χ2n) is 4.63. The van der Waals surface area contributed by atoms with Crippen LogP contribution < -0.4 is 0 Å². The molecule has 0 aromatic rings. The molecule has 0 heterocycles. The highest BCUT2D eigenvalue weighted by molar-refractivity contribution is 5.03. The molecule has 4 nitrogen and oxygen atoms in total. The van der Waals surface area contributed by atoms with Gasteiger partial charge in [0.15, 0.2) is 11.6 Å². The summed E-state index contributed by atoms with van der Waals surface area (Å²) in [5, 5.41) is 25.9. The fourth-order valence-corrected chi connectivity index (χ4v) is 1.38. The third-order valence-electron chi connectivity index (χ3n) is 2.24. The highest BCUT2D eigenvalue weighted by Crippen LogP contribution is 2.18. The second kappa shape index (κ2) is 6.95. The molecule has 0 radical (unpaired) electrons. The van der Waals surface area contributed by atoms with Gasteiger partial charge in [-0.1, -0.05) is 27.2 Å². The first-order valence-electron chi connectivity index (χ1n) is 5.70. The highest BCUT2D eigenvalue weighted by atomic mass is 15.2. The summed E-state index contributed by atoms with van der Waals surface area (Å²) in [6.07, 6.45) is 2.24. The van der Waals surface area contributed by atoms with Crippen molar-refractivity contribution in [3.63, 3.8) is 0 Å². The predicted octanol–water partition coefficient (Wildman–Crippen LogP) is 3.46. The molecule has 0 aromatic carbocycles. The van der Waals surface area contributed by atoms with Crippen LogP contribution in [-0.2, 0) is 0 Å². The van der Waals surface area contributed by atoms with Gasteiger partial charge >= 0.3 is 0 Å². The smallest absolute Gasteiger partial charge is 0.164 e. The molecule has 4 heteroatoms. The first kappa shape index (κ1) is 14.6. The maximum absolute atomic E-state index is 9.00. The monoisotopic (exact) mass is 220 g/mol. The SMILES string of the molecule is CCCC(C)(C#N)N=NC(C#N)CC(C)C. The largest absolute Gasteiger partial charge is 0.196 e. The minimum atomic E-state index is -0.777. The average Bonchev–Trinajstić information content (AvgIpc) is 2.24. The summed E-state index contributed by atoms with van der Waals surface area (Å²) in [5.74, 6) is 0.406. The molecule has 0 spiro atoms. The third kappa shape index (κ3) is 5.46. The van der Waals surface area contributed by atoms with Crippen molar-refractivity contribution in [2.24, 2.45) is 16.1 Å². The molecule has 2 unspecified atom stereocenters. The molecular formula is C12H20N4. The predicted molar refractivity (Wildman–Crippen MR) is 62.6 cm³/mol. The quantitative estimate of drug-likeness (QED) is 0.643. The molecule has 0 fully saturated rings. The molecule has 0 aliphatic rings. The van der Waals surface area contributed by atoms with Crippen LogP contribution in [0.1, 0.15) is 47.0 Å². The van der Waals surface area contributed by atoms with Crippen LogP contribution in [0, 0.1) is 28.6 Å². The number of hydrogen-bond donors (Lipinski definition) is 0. The number of rotatable bonds is 6. The molecule has 2 atom stereocenters. The molecule has 16 heavy (non-hydrogen) atoms. The van der Waals surface area contributed by atoms with E-state index >= 15 is 0 Å². The summed E-state index contributed by atoms with van der Waals surface area (Å²) in [6, 6.07) is 3.82. The average molecular weight is 220 g/mol. The van der Waals surface area contributed by atoms with Crippen LogP contribution >= 0.6 is 0 Å². The fourth-order valence-electron chi connectivity index (χ4n) is 1.38. The molecule has 0 amide bonds. The maximum atomic E-state index is 9.00. The van der Waals surface area contributed by atoms with E-state index in [0.29, 0.717) is 18.8 Å². The molecule has 0 saturated heterocycles. The van der Waals surface area contributed by atoms with E-state index in [1.54, 1.807) is 6.92 Å². The van der Waals surface area contributed by atoms with E-state index in [4.69, 9.17) is 10.5 Å². The molecule has 0 aliphatic heterocycles. The Kier molecular flexibility index (Phi) is 6.34. The summed E-state index contributed by atoms with van der Waals surface area (Å²) >= 11 is 0. The van der Waals surface area contributed by atoms with Crippen molar-refractivity contribution in [2.75, 3.05) is 0 Å². The van der Waals surface area contributed by atoms with Gasteiger partial charge in [0, 0.05) is 0 Å². The van der Waals surface area contributed by atoms with Crippen molar-refractivity contribution in [1.29, 1.82) is 10.5 Å². The van der Waals surface area contributed by atoms with Gasteiger partial charge in [-0.15, -0.1) is 0 Å². The Morgan fingerprint density at radius 2 is 1.94 bits per heavy atom. The Balaban J connectivity index is 4.55. The molecule has 0 bridgehead atoms. The Bertz CT molecular complexity index is 308. The van der Waals surface area contributed by atoms with E-state index in [2.05, 4.69) is 22.4 Å². The Hall–Kier alpha value is -1.42. The van der Waals surface area contributed by atoms with Gasteiger partial charge in [-0.25, -0.2) is 0 Å². The lowest BCUT2D eigenvalue weighted by Crippen LogP contribution is -2.19. The fraction of sp³-hybridized carbons (Fsp3) is 0.833. The summed E-state index contributed by atoms with van der Waals surface area (Å²) in [7, 11) is 0. The molecule has 0 aromatic heterocycles. The number of nitrogens with zero attached hydrogens (tertiary/aromatic N) is 4. The van der Waals surface area contributed by atoms with Gasteiger partial charge in [-0.3, -0.25) is 0 Å². The van der Waals surface area contributed by atoms with Crippen LogP contribution in [0.5, 0.6) is 0 Å². The second-order valence-corrected chi connectivity index (χ2v) is 4.63. The molecule has 0 N–H and O–H groups in total. The van der Waals surface area contributed by atoms with Gasteiger partial charge < -0.3 is 0 Å². The first-order chi connectivity index (χ1) is 7.47. The zero-order valence-corrected chi connectivity index (χ0v) is 10.6. The van der Waals surface area contributed by atoms with E-state index in [0.717, 1.165) is 6.42 Å². The normalized spacial score (nSPS) is 16.7. The van der Waals surface area contributed by atoms with E-state index in [1.807, 2.05) is 20.8 Å². The molecule has 88 valence electrons. The lowest BCUT2D eigenvalue weighted by Gasteiger charge is -2.14. The van der Waals surface area contributed by atoms with Gasteiger partial charge in [-0.2, -0.15) is 20.8 Å². The number of azo groups is 1. The highest BCUT2D eigenvalue weighted by Gasteiger charge is 2.22. The van der Waals surface area contributed by atoms with Gasteiger partial charge in [0.05, 0.1) is 12.1 Å². The topological polar surface area (TPSA) is 72.3 Å². The van der Waals surface area contributed by atoms with Crippen LogP contribution in [-0.4, -0.2) is 11.6 Å². The van der Waals surface area contributed by atoms with Crippen LogP contribution in [0.3, 0.4) is 0 Å². The summed E-state index contributed by atoms with van der Waals surface area (Å²) in [4.78, 5) is 0. The van der Waals surface area contributed by atoms with Gasteiger partial charge in [0.1, 0.15) is 0 Å². The van der Waals surface area contributed by atoms with Crippen molar-refractivity contribution >= 4 is 0 Å². The molecular weight excluding hydrogens is 200 g/mol. The minimum absolute atomic E-state index is 0.406. The van der Waals surface area contributed by atoms with E-state index < -0.39 is 11.6 Å². The van der Waals surface area contributed by atoms with Crippen molar-refractivity contribution in [3.05, 3.63) is 0 Å². The standard InChI is InChI=1S/C12H20N4/c1-5-6-12(4,9-14)16-15-11(8-13)7-10(2)3/h10-11H,5-7H2,1-4H3. The van der Waals surface area contributed by atoms with E-state index in [1.165, 1.54) is 0 Å². The van der Waals surface area contributed by atoms with Gasteiger partial charge in [0.25, 0.3) is 0 Å². The molecule has 0 saturated carbocycles. The van der Waals surface area contributed by atoms with E-state index in [9.17, 15) is 0 Å². The lowest BCUT2D eigenvalue weighted by atomic mass is 10.00. The Labute approximate surface area is 98.0 Å². The third-order valence-corrected chi connectivity index (χ3v) is 2.24. The summed E-state index contributed by atoms with van der Waals surface area (Å²) < 4.78 is 0. The Morgan fingerprint density at radius 1 is 1.31 bits per heavy atom. The van der Waals surface area contributed by atoms with E-state index in [-0.39, 0.29) is 0 Å². The molecule has 0 rings (SSSR count). The van der Waals surface area contributed by atoms with Crippen molar-refractivity contribution in [1.82, 2.24) is 0 Å². The zero-order chi connectivity index (χ0) is 12.6. The molecule has 0 aliphatic carbocycles. The van der Waals surface area contributed by atoms with Crippen LogP contribution in [0.4, 0.5) is 0 Å². The van der Waals surface area contributed by atoms with Crippen molar-refractivity contribution < 1.29 is 0 Å². The maximum Gasteiger partial charge on any atom is 0.164 e. The number of nitriles is 2. The summed E-state index contributed by atoms with van der Waals surface area (Å²) in [6.45, 7) is 7.83. The minimum Gasteiger partial charge on any atom is -0.196 e. The zero-order valence-electron chi connectivity index (χ0n) is 10.6. The van der Waals surface area contributed by atoms with Gasteiger partial charge in [-0.05, 0) is 25.7 Å². The van der Waals surface area contributed by atoms with Crippen LogP contribution in [0.2, 0.25) is 0 Å². The summed E-state index contributed by atoms with van der Waals surface area (Å²) in [5.41, 5.74) is -0.777.